The maximum Gasteiger partial charge on any atom is 0.137 e. The molecule has 0 amide bonds. The number of alkyl halides is 1. The Morgan fingerprint density at radius 2 is 2.26 bits per heavy atom. The predicted octanol–water partition coefficient (Wildman–Crippen LogP) is 3.92. The van der Waals surface area contributed by atoms with Gasteiger partial charge >= 0.3 is 0 Å². The molecular weight excluding hydrogens is 276 g/mol. The minimum Gasteiger partial charge on any atom is -0.352 e. The van der Waals surface area contributed by atoms with E-state index < -0.39 is 0 Å². The van der Waals surface area contributed by atoms with Crippen LogP contribution in [-0.2, 0) is 5.88 Å². The molecule has 19 heavy (non-hydrogen) atoms. The van der Waals surface area contributed by atoms with Crippen LogP contribution >= 0.6 is 23.4 Å². The number of fused-ring (bicyclic) bond motifs is 1. The number of rotatable bonds is 2. The van der Waals surface area contributed by atoms with Gasteiger partial charge < -0.3 is 4.90 Å². The molecule has 0 saturated carbocycles. The summed E-state index contributed by atoms with van der Waals surface area (Å²) in [7, 11) is 0. The Morgan fingerprint density at radius 1 is 1.42 bits per heavy atom. The molecule has 1 aromatic carbocycles. The summed E-state index contributed by atoms with van der Waals surface area (Å²) in [5.41, 5.74) is 0.959. The van der Waals surface area contributed by atoms with E-state index in [0.717, 1.165) is 18.1 Å². The van der Waals surface area contributed by atoms with Gasteiger partial charge in [0.2, 0.25) is 0 Å². The molecule has 4 heteroatoms. The maximum atomic E-state index is 5.99. The normalized spacial score (nSPS) is 19.9. The molecule has 1 atom stereocenters. The second-order valence-electron chi connectivity index (χ2n) is 4.91. The highest BCUT2D eigenvalue weighted by molar-refractivity contribution is 7.99. The minimum absolute atomic E-state index is 0.467. The van der Waals surface area contributed by atoms with Gasteiger partial charge in [0.15, 0.2) is 0 Å². The Balaban J connectivity index is 2.14. The molecule has 1 unspecified atom stereocenters. The summed E-state index contributed by atoms with van der Waals surface area (Å²) in [4.78, 5) is 7.20. The van der Waals surface area contributed by atoms with Crippen molar-refractivity contribution in [3.8, 4) is 0 Å². The zero-order valence-electron chi connectivity index (χ0n) is 11.0. The van der Waals surface area contributed by atoms with E-state index in [4.69, 9.17) is 16.6 Å². The quantitative estimate of drug-likeness (QED) is 0.781. The van der Waals surface area contributed by atoms with Crippen LogP contribution in [0.5, 0.6) is 0 Å². The van der Waals surface area contributed by atoms with Crippen molar-refractivity contribution in [2.24, 2.45) is 0 Å². The number of benzene rings is 1. The molecular formula is C15H17ClN2S. The summed E-state index contributed by atoms with van der Waals surface area (Å²) in [6.07, 6.45) is 0. The molecule has 0 aliphatic carbocycles. The number of aromatic nitrogens is 1. The van der Waals surface area contributed by atoms with Crippen LogP contribution in [0.3, 0.4) is 0 Å². The fraction of sp³-hybridized carbons (Fsp3) is 0.400. The van der Waals surface area contributed by atoms with Crippen molar-refractivity contribution in [1.29, 1.82) is 0 Å². The lowest BCUT2D eigenvalue weighted by atomic mass is 10.1. The molecule has 0 spiro atoms. The van der Waals surface area contributed by atoms with Crippen LogP contribution in [-0.4, -0.2) is 29.1 Å². The van der Waals surface area contributed by atoms with E-state index in [0.29, 0.717) is 11.9 Å². The molecule has 2 nitrogen and oxygen atoms in total. The topological polar surface area (TPSA) is 16.1 Å². The van der Waals surface area contributed by atoms with Crippen molar-refractivity contribution in [3.63, 3.8) is 0 Å². The van der Waals surface area contributed by atoms with E-state index >= 15 is 0 Å². The highest BCUT2D eigenvalue weighted by Crippen LogP contribution is 2.30. The van der Waals surface area contributed by atoms with Crippen molar-refractivity contribution in [2.75, 3.05) is 23.0 Å². The fourth-order valence-electron chi connectivity index (χ4n) is 2.56. The van der Waals surface area contributed by atoms with Crippen LogP contribution < -0.4 is 4.90 Å². The zero-order chi connectivity index (χ0) is 13.2. The van der Waals surface area contributed by atoms with E-state index in [1.807, 2.05) is 11.8 Å². The van der Waals surface area contributed by atoms with Crippen molar-refractivity contribution in [1.82, 2.24) is 4.98 Å². The number of thioether (sulfide) groups is 1. The molecule has 2 heterocycles. The first-order valence-corrected chi connectivity index (χ1v) is 8.27. The largest absolute Gasteiger partial charge is 0.352 e. The van der Waals surface area contributed by atoms with Crippen LogP contribution in [0.1, 0.15) is 12.6 Å². The number of pyridine rings is 1. The Labute approximate surface area is 123 Å². The third-order valence-electron chi connectivity index (χ3n) is 3.55. The van der Waals surface area contributed by atoms with Crippen molar-refractivity contribution in [3.05, 3.63) is 36.0 Å². The second kappa shape index (κ2) is 5.59. The predicted molar refractivity (Wildman–Crippen MR) is 85.4 cm³/mol. The van der Waals surface area contributed by atoms with Gasteiger partial charge in [-0.3, -0.25) is 0 Å². The lowest BCUT2D eigenvalue weighted by molar-refractivity contribution is 0.691. The van der Waals surface area contributed by atoms with Crippen LogP contribution in [0, 0.1) is 0 Å². The smallest absolute Gasteiger partial charge is 0.137 e. The zero-order valence-corrected chi connectivity index (χ0v) is 12.5. The van der Waals surface area contributed by atoms with Crippen molar-refractivity contribution >= 4 is 40.0 Å². The molecule has 1 aromatic heterocycles. The molecule has 0 bridgehead atoms. The number of hydrogen-bond donors (Lipinski definition) is 0. The average molecular weight is 293 g/mol. The van der Waals surface area contributed by atoms with E-state index in [1.54, 1.807) is 0 Å². The molecule has 1 aliphatic heterocycles. The number of halogens is 1. The molecule has 1 saturated heterocycles. The number of nitrogens with zero attached hydrogens (tertiary/aromatic N) is 2. The van der Waals surface area contributed by atoms with Gasteiger partial charge in [-0.2, -0.15) is 11.8 Å². The molecule has 2 aromatic rings. The van der Waals surface area contributed by atoms with Gasteiger partial charge in [0, 0.05) is 29.5 Å². The third-order valence-corrected chi connectivity index (χ3v) is 5.01. The summed E-state index contributed by atoms with van der Waals surface area (Å²) in [5.74, 6) is 3.91. The standard InChI is InChI=1S/C15H17ClN2S/c1-11-10-19-7-6-18(11)15-14-5-3-2-4-12(14)8-13(9-16)17-15/h2-5,8,11H,6-7,9-10H2,1H3. The summed E-state index contributed by atoms with van der Waals surface area (Å²) in [5, 5.41) is 2.46. The summed E-state index contributed by atoms with van der Waals surface area (Å²) >= 11 is 8.01. The maximum absolute atomic E-state index is 5.99. The van der Waals surface area contributed by atoms with Gasteiger partial charge in [-0.15, -0.1) is 11.6 Å². The van der Waals surface area contributed by atoms with Crippen LogP contribution in [0.25, 0.3) is 10.8 Å². The Bertz CT molecular complexity index is 587. The lowest BCUT2D eigenvalue weighted by Crippen LogP contribution is -2.41. The van der Waals surface area contributed by atoms with E-state index in [9.17, 15) is 0 Å². The summed E-state index contributed by atoms with van der Waals surface area (Å²) < 4.78 is 0. The van der Waals surface area contributed by atoms with Gasteiger partial charge in [0.25, 0.3) is 0 Å². The summed E-state index contributed by atoms with van der Waals surface area (Å²) in [6, 6.07) is 11.1. The fourth-order valence-corrected chi connectivity index (χ4v) is 3.71. The monoisotopic (exact) mass is 292 g/mol. The average Bonchev–Trinajstić information content (AvgIpc) is 2.46. The first kappa shape index (κ1) is 13.1. The Kier molecular flexibility index (Phi) is 3.85. The molecule has 1 aliphatic rings. The molecule has 0 N–H and O–H groups in total. The molecule has 100 valence electrons. The van der Waals surface area contributed by atoms with Gasteiger partial charge in [-0.05, 0) is 18.4 Å². The lowest BCUT2D eigenvalue weighted by Gasteiger charge is -2.35. The second-order valence-corrected chi connectivity index (χ2v) is 6.33. The van der Waals surface area contributed by atoms with Crippen molar-refractivity contribution in [2.45, 2.75) is 18.8 Å². The number of anilines is 1. The first-order chi connectivity index (χ1) is 9.29. The van der Waals surface area contributed by atoms with Gasteiger partial charge in [0.1, 0.15) is 5.82 Å². The first-order valence-electron chi connectivity index (χ1n) is 6.58. The Morgan fingerprint density at radius 3 is 3.05 bits per heavy atom. The third kappa shape index (κ3) is 2.54. The van der Waals surface area contributed by atoms with Gasteiger partial charge in [0.05, 0.1) is 11.6 Å². The molecule has 3 rings (SSSR count). The van der Waals surface area contributed by atoms with E-state index in [-0.39, 0.29) is 0 Å². The van der Waals surface area contributed by atoms with Crippen molar-refractivity contribution < 1.29 is 0 Å². The minimum atomic E-state index is 0.467. The van der Waals surface area contributed by atoms with E-state index in [1.165, 1.54) is 22.3 Å². The van der Waals surface area contributed by atoms with Gasteiger partial charge in [-0.1, -0.05) is 24.3 Å². The summed E-state index contributed by atoms with van der Waals surface area (Å²) in [6.45, 7) is 3.34. The van der Waals surface area contributed by atoms with Crippen LogP contribution in [0.4, 0.5) is 5.82 Å². The number of hydrogen-bond acceptors (Lipinski definition) is 3. The highest BCUT2D eigenvalue weighted by Gasteiger charge is 2.22. The highest BCUT2D eigenvalue weighted by atomic mass is 35.5. The van der Waals surface area contributed by atoms with E-state index in [2.05, 4.69) is 42.2 Å². The molecule has 0 radical (unpaired) electrons. The molecule has 1 fully saturated rings. The SMILES string of the molecule is CC1CSCCN1c1nc(CCl)cc2ccccc12. The van der Waals surface area contributed by atoms with Crippen LogP contribution in [0.2, 0.25) is 0 Å². The Hall–Kier alpha value is -0.930. The van der Waals surface area contributed by atoms with Crippen LogP contribution in [0.15, 0.2) is 30.3 Å². The van der Waals surface area contributed by atoms with Gasteiger partial charge in [-0.25, -0.2) is 4.98 Å².